The van der Waals surface area contributed by atoms with Crippen molar-refractivity contribution < 1.29 is 8.42 Å². The van der Waals surface area contributed by atoms with E-state index in [1.165, 1.54) is 23.6 Å². The van der Waals surface area contributed by atoms with Crippen LogP contribution in [0.5, 0.6) is 0 Å². The second-order valence-electron chi connectivity index (χ2n) is 3.59. The van der Waals surface area contributed by atoms with E-state index in [1.807, 2.05) is 6.92 Å². The molecular formula is C10H10ClN3O2S2. The molecule has 0 aliphatic heterocycles. The van der Waals surface area contributed by atoms with Crippen LogP contribution in [0, 0.1) is 13.8 Å². The number of rotatable bonds is 3. The maximum Gasteiger partial charge on any atom is 0.265 e. The predicted molar refractivity (Wildman–Crippen MR) is 71.6 cm³/mol. The van der Waals surface area contributed by atoms with Crippen LogP contribution in [0.25, 0.3) is 0 Å². The van der Waals surface area contributed by atoms with Crippen LogP contribution in [0.15, 0.2) is 23.2 Å². The third-order valence-corrected chi connectivity index (χ3v) is 4.89. The summed E-state index contributed by atoms with van der Waals surface area (Å²) in [6, 6.07) is 3.09. The molecule has 0 aliphatic carbocycles. The Morgan fingerprint density at radius 2 is 2.11 bits per heavy atom. The first-order valence-corrected chi connectivity index (χ1v) is 7.64. The summed E-state index contributed by atoms with van der Waals surface area (Å²) in [5.74, 6) is -0.0363. The molecule has 8 heteroatoms. The highest BCUT2D eigenvalue weighted by atomic mass is 35.5. The van der Waals surface area contributed by atoms with Gasteiger partial charge in [-0.15, -0.1) is 11.3 Å². The van der Waals surface area contributed by atoms with Gasteiger partial charge in [-0.2, -0.15) is 0 Å². The average Bonchev–Trinajstić information content (AvgIpc) is 2.58. The van der Waals surface area contributed by atoms with Gasteiger partial charge >= 0.3 is 0 Å². The molecule has 0 amide bonds. The zero-order valence-electron chi connectivity index (χ0n) is 9.64. The average molecular weight is 304 g/mol. The van der Waals surface area contributed by atoms with Crippen LogP contribution in [0.3, 0.4) is 0 Å². The number of thiophene rings is 1. The molecule has 0 bridgehead atoms. The van der Waals surface area contributed by atoms with Gasteiger partial charge < -0.3 is 0 Å². The third kappa shape index (κ3) is 2.80. The second-order valence-corrected chi connectivity index (χ2v) is 7.08. The van der Waals surface area contributed by atoms with E-state index in [0.717, 1.165) is 9.75 Å². The molecule has 96 valence electrons. The molecule has 5 nitrogen and oxygen atoms in total. The number of anilines is 1. The van der Waals surface area contributed by atoms with Crippen LogP contribution in [-0.2, 0) is 10.0 Å². The molecule has 2 rings (SSSR count). The Labute approximate surface area is 114 Å². The van der Waals surface area contributed by atoms with Gasteiger partial charge in [0.05, 0.1) is 0 Å². The molecule has 0 radical (unpaired) electrons. The van der Waals surface area contributed by atoms with Gasteiger partial charge in [0.1, 0.15) is 10.0 Å². The molecule has 18 heavy (non-hydrogen) atoms. The molecule has 0 spiro atoms. The molecule has 0 saturated carbocycles. The van der Waals surface area contributed by atoms with E-state index in [0.29, 0.717) is 0 Å². The topological polar surface area (TPSA) is 72.0 Å². The van der Waals surface area contributed by atoms with Gasteiger partial charge in [-0.3, -0.25) is 0 Å². The van der Waals surface area contributed by atoms with Gasteiger partial charge in [0, 0.05) is 16.0 Å². The summed E-state index contributed by atoms with van der Waals surface area (Å²) in [6.45, 7) is 3.61. The number of aromatic nitrogens is 2. The maximum atomic E-state index is 12.1. The minimum Gasteiger partial charge on any atom is -0.247 e. The first-order valence-electron chi connectivity index (χ1n) is 4.97. The molecule has 0 aromatic carbocycles. The van der Waals surface area contributed by atoms with Crippen molar-refractivity contribution in [2.45, 2.75) is 18.7 Å². The lowest BCUT2D eigenvalue weighted by atomic mass is 10.4. The van der Waals surface area contributed by atoms with Gasteiger partial charge in [0.2, 0.25) is 5.95 Å². The molecule has 0 unspecified atom stereocenters. The van der Waals surface area contributed by atoms with Crippen LogP contribution in [-0.4, -0.2) is 18.4 Å². The number of halogens is 1. The number of hydrogen-bond acceptors (Lipinski definition) is 5. The van der Waals surface area contributed by atoms with Gasteiger partial charge in [-0.05, 0) is 26.0 Å². The van der Waals surface area contributed by atoms with Crippen molar-refractivity contribution >= 4 is 38.9 Å². The molecule has 0 fully saturated rings. The summed E-state index contributed by atoms with van der Waals surface area (Å²) < 4.78 is 26.5. The van der Waals surface area contributed by atoms with Crippen LogP contribution < -0.4 is 4.72 Å². The van der Waals surface area contributed by atoms with E-state index in [4.69, 9.17) is 11.6 Å². The zero-order valence-corrected chi connectivity index (χ0v) is 12.0. The summed E-state index contributed by atoms with van der Waals surface area (Å²) in [5.41, 5.74) is 0. The number of hydrogen-bond donors (Lipinski definition) is 1. The number of nitrogens with zero attached hydrogens (tertiary/aromatic N) is 2. The van der Waals surface area contributed by atoms with Crippen LogP contribution in [0.4, 0.5) is 5.95 Å². The largest absolute Gasteiger partial charge is 0.265 e. The van der Waals surface area contributed by atoms with Gasteiger partial charge in [0.15, 0.2) is 0 Å². The SMILES string of the molecule is Cc1cc(S(=O)(=O)Nc2nccc(Cl)n2)c(C)s1. The zero-order chi connectivity index (χ0) is 13.3. The van der Waals surface area contributed by atoms with E-state index in [9.17, 15) is 8.42 Å². The summed E-state index contributed by atoms with van der Waals surface area (Å²) >= 11 is 7.09. The smallest absolute Gasteiger partial charge is 0.247 e. The Morgan fingerprint density at radius 3 is 2.67 bits per heavy atom. The first kappa shape index (κ1) is 13.3. The molecule has 0 saturated heterocycles. The molecule has 2 aromatic rings. The normalized spacial score (nSPS) is 11.5. The molecule has 0 atom stereocenters. The van der Waals surface area contributed by atoms with E-state index in [-0.39, 0.29) is 16.0 Å². The van der Waals surface area contributed by atoms with Crippen LogP contribution >= 0.6 is 22.9 Å². The highest BCUT2D eigenvalue weighted by molar-refractivity contribution is 7.92. The van der Waals surface area contributed by atoms with Crippen molar-refractivity contribution in [3.63, 3.8) is 0 Å². The van der Waals surface area contributed by atoms with Crippen LogP contribution in [0.1, 0.15) is 9.75 Å². The number of sulfonamides is 1. The Kier molecular flexibility index (Phi) is 3.56. The Bertz CT molecular complexity index is 682. The molecule has 2 aromatic heterocycles. The molecular weight excluding hydrogens is 294 g/mol. The lowest BCUT2D eigenvalue weighted by molar-refractivity contribution is 0.600. The quantitative estimate of drug-likeness (QED) is 0.885. The molecule has 1 N–H and O–H groups in total. The fraction of sp³-hybridized carbons (Fsp3) is 0.200. The van der Waals surface area contributed by atoms with Gasteiger partial charge in [-0.25, -0.2) is 23.1 Å². The van der Waals surface area contributed by atoms with Crippen molar-refractivity contribution in [2.75, 3.05) is 4.72 Å². The number of aryl methyl sites for hydroxylation is 2. The van der Waals surface area contributed by atoms with E-state index >= 15 is 0 Å². The number of nitrogens with one attached hydrogen (secondary N) is 1. The van der Waals surface area contributed by atoms with E-state index in [2.05, 4.69) is 14.7 Å². The lowest BCUT2D eigenvalue weighted by Crippen LogP contribution is -2.15. The van der Waals surface area contributed by atoms with Gasteiger partial charge in [0.25, 0.3) is 10.0 Å². The highest BCUT2D eigenvalue weighted by Gasteiger charge is 2.20. The maximum absolute atomic E-state index is 12.1. The van der Waals surface area contributed by atoms with Crippen molar-refractivity contribution in [1.82, 2.24) is 9.97 Å². The third-order valence-electron chi connectivity index (χ3n) is 2.13. The Balaban J connectivity index is 2.36. The molecule has 2 heterocycles. The summed E-state index contributed by atoms with van der Waals surface area (Å²) in [5, 5.41) is 0.181. The van der Waals surface area contributed by atoms with E-state index < -0.39 is 10.0 Å². The lowest BCUT2D eigenvalue weighted by Gasteiger charge is -2.05. The minimum atomic E-state index is -3.66. The Morgan fingerprint density at radius 1 is 1.39 bits per heavy atom. The fourth-order valence-corrected chi connectivity index (χ4v) is 4.08. The predicted octanol–water partition coefficient (Wildman–Crippen LogP) is 2.61. The van der Waals surface area contributed by atoms with Crippen molar-refractivity contribution in [3.05, 3.63) is 33.2 Å². The minimum absolute atomic E-state index is 0.0363. The van der Waals surface area contributed by atoms with Crippen molar-refractivity contribution in [3.8, 4) is 0 Å². The van der Waals surface area contributed by atoms with Gasteiger partial charge in [-0.1, -0.05) is 11.6 Å². The van der Waals surface area contributed by atoms with E-state index in [1.54, 1.807) is 13.0 Å². The first-order chi connectivity index (χ1) is 8.38. The van der Waals surface area contributed by atoms with Crippen molar-refractivity contribution in [1.29, 1.82) is 0 Å². The van der Waals surface area contributed by atoms with Crippen molar-refractivity contribution in [2.24, 2.45) is 0 Å². The second kappa shape index (κ2) is 4.83. The fourth-order valence-electron chi connectivity index (χ4n) is 1.44. The van der Waals surface area contributed by atoms with Crippen LogP contribution in [0.2, 0.25) is 5.15 Å². The highest BCUT2D eigenvalue weighted by Crippen LogP contribution is 2.26. The standard InChI is InChI=1S/C10H10ClN3O2S2/c1-6-5-8(7(2)17-6)18(15,16)14-10-12-4-3-9(11)13-10/h3-5H,1-2H3,(H,12,13,14). The molecule has 0 aliphatic rings. The summed E-state index contributed by atoms with van der Waals surface area (Å²) in [7, 11) is -3.66. The Hall–Kier alpha value is -1.18. The monoisotopic (exact) mass is 303 g/mol. The summed E-state index contributed by atoms with van der Waals surface area (Å²) in [6.07, 6.45) is 1.39. The summed E-state index contributed by atoms with van der Waals surface area (Å²) in [4.78, 5) is 9.49.